The van der Waals surface area contributed by atoms with Crippen LogP contribution in [0.5, 0.6) is 11.5 Å². The molecule has 19 heavy (non-hydrogen) atoms. The molecule has 0 atom stereocenters. The van der Waals surface area contributed by atoms with Gasteiger partial charge in [0.15, 0.2) is 0 Å². The maximum absolute atomic E-state index is 5.94. The van der Waals surface area contributed by atoms with Crippen molar-refractivity contribution in [2.75, 3.05) is 6.54 Å². The molecule has 0 aliphatic carbocycles. The van der Waals surface area contributed by atoms with Crippen LogP contribution >= 0.6 is 23.2 Å². The van der Waals surface area contributed by atoms with Crippen molar-refractivity contribution in [2.24, 2.45) is 5.73 Å². The average molecular weight is 296 g/mol. The first-order valence-electron chi connectivity index (χ1n) is 6.02. The number of nitrogens with two attached hydrogens (primary N) is 1. The van der Waals surface area contributed by atoms with Crippen molar-refractivity contribution < 1.29 is 4.74 Å². The van der Waals surface area contributed by atoms with Gasteiger partial charge in [-0.3, -0.25) is 0 Å². The van der Waals surface area contributed by atoms with Gasteiger partial charge in [0.05, 0.1) is 0 Å². The van der Waals surface area contributed by atoms with Gasteiger partial charge in [-0.2, -0.15) is 0 Å². The van der Waals surface area contributed by atoms with Crippen molar-refractivity contribution >= 4 is 23.2 Å². The fourth-order valence-corrected chi connectivity index (χ4v) is 2.37. The standard InChI is InChI=1S/C15H15Cl2NO/c1-10-6-11(4-5-18)2-3-15(10)19-14-8-12(16)7-13(17)9-14/h2-3,6-9H,4-5,18H2,1H3. The quantitative estimate of drug-likeness (QED) is 0.895. The number of rotatable bonds is 4. The van der Waals surface area contributed by atoms with Crippen LogP contribution in [0.15, 0.2) is 36.4 Å². The summed E-state index contributed by atoms with van der Waals surface area (Å²) < 4.78 is 5.80. The molecule has 0 saturated heterocycles. The number of hydrogen-bond donors (Lipinski definition) is 1. The summed E-state index contributed by atoms with van der Waals surface area (Å²) in [5.74, 6) is 1.42. The van der Waals surface area contributed by atoms with E-state index in [1.807, 2.05) is 19.1 Å². The highest BCUT2D eigenvalue weighted by atomic mass is 35.5. The first-order valence-corrected chi connectivity index (χ1v) is 6.77. The predicted octanol–water partition coefficient (Wildman–Crippen LogP) is 4.60. The Kier molecular flexibility index (Phi) is 4.70. The number of benzene rings is 2. The van der Waals surface area contributed by atoms with Crippen LogP contribution in [-0.4, -0.2) is 6.54 Å². The third kappa shape index (κ3) is 3.87. The number of ether oxygens (including phenoxy) is 1. The molecule has 0 amide bonds. The zero-order valence-corrected chi connectivity index (χ0v) is 12.1. The molecule has 0 fully saturated rings. The Morgan fingerprint density at radius 1 is 1.05 bits per heavy atom. The van der Waals surface area contributed by atoms with Gasteiger partial charge in [0, 0.05) is 10.0 Å². The lowest BCUT2D eigenvalue weighted by atomic mass is 10.1. The molecule has 0 unspecified atom stereocenters. The van der Waals surface area contributed by atoms with Crippen LogP contribution in [0, 0.1) is 6.92 Å². The van der Waals surface area contributed by atoms with E-state index in [2.05, 4.69) is 6.07 Å². The van der Waals surface area contributed by atoms with E-state index in [1.54, 1.807) is 18.2 Å². The number of hydrogen-bond acceptors (Lipinski definition) is 2. The monoisotopic (exact) mass is 295 g/mol. The van der Waals surface area contributed by atoms with Crippen molar-refractivity contribution in [1.29, 1.82) is 0 Å². The van der Waals surface area contributed by atoms with Crippen molar-refractivity contribution in [2.45, 2.75) is 13.3 Å². The molecule has 4 heteroatoms. The Balaban J connectivity index is 2.23. The second kappa shape index (κ2) is 6.29. The first-order chi connectivity index (χ1) is 9.08. The zero-order chi connectivity index (χ0) is 13.8. The lowest BCUT2D eigenvalue weighted by Crippen LogP contribution is -2.02. The molecule has 2 N–H and O–H groups in total. The highest BCUT2D eigenvalue weighted by Gasteiger charge is 2.05. The summed E-state index contributed by atoms with van der Waals surface area (Å²) in [4.78, 5) is 0. The largest absolute Gasteiger partial charge is 0.457 e. The van der Waals surface area contributed by atoms with E-state index >= 15 is 0 Å². The summed E-state index contributed by atoms with van der Waals surface area (Å²) in [6, 6.07) is 11.2. The zero-order valence-electron chi connectivity index (χ0n) is 10.6. The fraction of sp³-hybridized carbons (Fsp3) is 0.200. The van der Waals surface area contributed by atoms with Gasteiger partial charge in [0.2, 0.25) is 0 Å². The Labute approximate surface area is 123 Å². The minimum Gasteiger partial charge on any atom is -0.457 e. The van der Waals surface area contributed by atoms with Crippen molar-refractivity contribution in [3.05, 3.63) is 57.6 Å². The molecule has 0 aliphatic rings. The molecule has 0 radical (unpaired) electrons. The summed E-state index contributed by atoms with van der Waals surface area (Å²) in [5, 5.41) is 1.11. The average Bonchev–Trinajstić information content (AvgIpc) is 2.32. The van der Waals surface area contributed by atoms with Gasteiger partial charge in [-0.25, -0.2) is 0 Å². The van der Waals surface area contributed by atoms with Crippen LogP contribution in [0.4, 0.5) is 0 Å². The Morgan fingerprint density at radius 3 is 2.32 bits per heavy atom. The van der Waals surface area contributed by atoms with Crippen molar-refractivity contribution in [3.63, 3.8) is 0 Å². The minimum absolute atomic E-state index is 0.555. The third-order valence-corrected chi connectivity index (χ3v) is 3.17. The van der Waals surface area contributed by atoms with Crippen LogP contribution < -0.4 is 10.5 Å². The molecule has 2 aromatic carbocycles. The van der Waals surface area contributed by atoms with E-state index in [0.29, 0.717) is 22.3 Å². The maximum atomic E-state index is 5.94. The summed E-state index contributed by atoms with van der Waals surface area (Å²) >= 11 is 11.9. The first kappa shape index (κ1) is 14.2. The molecule has 0 heterocycles. The Hall–Kier alpha value is -1.22. The SMILES string of the molecule is Cc1cc(CCN)ccc1Oc1cc(Cl)cc(Cl)c1. The summed E-state index contributed by atoms with van der Waals surface area (Å²) in [6.07, 6.45) is 0.865. The predicted molar refractivity (Wildman–Crippen MR) is 80.5 cm³/mol. The number of aryl methyl sites for hydroxylation is 1. The summed E-state index contributed by atoms with van der Waals surface area (Å²) in [6.45, 7) is 2.64. The Morgan fingerprint density at radius 2 is 1.74 bits per heavy atom. The van der Waals surface area contributed by atoms with Gasteiger partial charge < -0.3 is 10.5 Å². The molecule has 2 nitrogen and oxygen atoms in total. The van der Waals surface area contributed by atoms with Crippen LogP contribution in [-0.2, 0) is 6.42 Å². The van der Waals surface area contributed by atoms with Crippen molar-refractivity contribution in [1.82, 2.24) is 0 Å². The van der Waals surface area contributed by atoms with E-state index in [-0.39, 0.29) is 0 Å². The molecule has 2 rings (SSSR count). The van der Waals surface area contributed by atoms with Gasteiger partial charge in [-0.15, -0.1) is 0 Å². The second-order valence-corrected chi connectivity index (χ2v) is 5.22. The van der Waals surface area contributed by atoms with Gasteiger partial charge in [-0.1, -0.05) is 35.3 Å². The topological polar surface area (TPSA) is 35.2 Å². The molecule has 0 saturated carbocycles. The van der Waals surface area contributed by atoms with Crippen LogP contribution in [0.1, 0.15) is 11.1 Å². The Bertz CT molecular complexity index is 564. The van der Waals surface area contributed by atoms with Crippen LogP contribution in [0.25, 0.3) is 0 Å². The lowest BCUT2D eigenvalue weighted by molar-refractivity contribution is 0.478. The molecule has 0 spiro atoms. The normalized spacial score (nSPS) is 10.5. The molecule has 0 bridgehead atoms. The van der Waals surface area contributed by atoms with Crippen LogP contribution in [0.2, 0.25) is 10.0 Å². The molecule has 0 aromatic heterocycles. The fourth-order valence-electron chi connectivity index (χ4n) is 1.86. The summed E-state index contributed by atoms with van der Waals surface area (Å²) in [5.41, 5.74) is 7.81. The number of halogens is 2. The molecular formula is C15H15Cl2NO. The van der Waals surface area contributed by atoms with E-state index in [9.17, 15) is 0 Å². The maximum Gasteiger partial charge on any atom is 0.130 e. The van der Waals surface area contributed by atoms with Gasteiger partial charge in [-0.05, 0) is 55.3 Å². The van der Waals surface area contributed by atoms with Gasteiger partial charge in [0.25, 0.3) is 0 Å². The second-order valence-electron chi connectivity index (χ2n) is 4.35. The third-order valence-electron chi connectivity index (χ3n) is 2.74. The smallest absolute Gasteiger partial charge is 0.130 e. The van der Waals surface area contributed by atoms with E-state index in [0.717, 1.165) is 17.7 Å². The highest BCUT2D eigenvalue weighted by molar-refractivity contribution is 6.34. The van der Waals surface area contributed by atoms with Crippen LogP contribution in [0.3, 0.4) is 0 Å². The molecule has 0 aliphatic heterocycles. The van der Waals surface area contributed by atoms with Gasteiger partial charge >= 0.3 is 0 Å². The molecule has 2 aromatic rings. The van der Waals surface area contributed by atoms with E-state index < -0.39 is 0 Å². The summed E-state index contributed by atoms with van der Waals surface area (Å²) in [7, 11) is 0. The molecular weight excluding hydrogens is 281 g/mol. The highest BCUT2D eigenvalue weighted by Crippen LogP contribution is 2.30. The minimum atomic E-state index is 0.555. The molecule has 100 valence electrons. The van der Waals surface area contributed by atoms with E-state index in [4.69, 9.17) is 33.7 Å². The lowest BCUT2D eigenvalue weighted by Gasteiger charge is -2.11. The van der Waals surface area contributed by atoms with Crippen molar-refractivity contribution in [3.8, 4) is 11.5 Å². The van der Waals surface area contributed by atoms with E-state index in [1.165, 1.54) is 5.56 Å². The van der Waals surface area contributed by atoms with Gasteiger partial charge in [0.1, 0.15) is 11.5 Å².